The predicted molar refractivity (Wildman–Crippen MR) is 213 cm³/mol. The van der Waals surface area contributed by atoms with E-state index in [1.165, 1.54) is 38.5 Å². The second-order valence-corrected chi connectivity index (χ2v) is 14.3. The molecule has 11 rings (SSSR count). The molecule has 53 heavy (non-hydrogen) atoms. The Morgan fingerprint density at radius 1 is 0.491 bits per heavy atom. The number of hydrogen-bond donors (Lipinski definition) is 0. The molecule has 0 atom stereocenters. The van der Waals surface area contributed by atoms with Gasteiger partial charge in [-0.05, 0) is 58.7 Å². The Labute approximate surface area is 305 Å². The Hall–Kier alpha value is -6.92. The second-order valence-electron chi connectivity index (χ2n) is 14.3. The summed E-state index contributed by atoms with van der Waals surface area (Å²) < 4.78 is 8.87. The van der Waals surface area contributed by atoms with Crippen molar-refractivity contribution in [1.82, 2.24) is 24.5 Å². The lowest BCUT2D eigenvalue weighted by atomic mass is 9.82. The molecular formula is C47H31N5O. The third-order valence-corrected chi connectivity index (χ3v) is 10.9. The van der Waals surface area contributed by atoms with Crippen LogP contribution in [0.3, 0.4) is 0 Å². The average Bonchev–Trinajstić information content (AvgIpc) is 3.82. The first-order valence-corrected chi connectivity index (χ1v) is 17.9. The maximum Gasteiger partial charge on any atom is 0.166 e. The van der Waals surface area contributed by atoms with Crippen LogP contribution in [0.25, 0.3) is 94.7 Å². The first-order valence-electron chi connectivity index (χ1n) is 17.9. The zero-order valence-corrected chi connectivity index (χ0v) is 29.1. The molecule has 0 N–H and O–H groups in total. The molecule has 4 heterocycles. The third-order valence-electron chi connectivity index (χ3n) is 10.9. The van der Waals surface area contributed by atoms with Crippen molar-refractivity contribution < 1.29 is 4.42 Å². The summed E-state index contributed by atoms with van der Waals surface area (Å²) in [5.74, 6) is 1.74. The number of pyridine rings is 1. The average molecular weight is 682 g/mol. The zero-order valence-electron chi connectivity index (χ0n) is 29.1. The minimum absolute atomic E-state index is 0.115. The van der Waals surface area contributed by atoms with E-state index < -0.39 is 0 Å². The van der Waals surface area contributed by atoms with Gasteiger partial charge in [-0.15, -0.1) is 0 Å². The van der Waals surface area contributed by atoms with Crippen molar-refractivity contribution >= 4 is 43.7 Å². The van der Waals surface area contributed by atoms with E-state index in [2.05, 4.69) is 102 Å². The van der Waals surface area contributed by atoms with E-state index in [0.29, 0.717) is 23.1 Å². The highest BCUT2D eigenvalue weighted by atomic mass is 16.3. The van der Waals surface area contributed by atoms with Crippen LogP contribution in [0.5, 0.6) is 0 Å². The van der Waals surface area contributed by atoms with Gasteiger partial charge in [-0.3, -0.25) is 4.98 Å². The molecule has 1 aliphatic carbocycles. The molecule has 250 valence electrons. The summed E-state index contributed by atoms with van der Waals surface area (Å²) in [6, 6.07) is 48.9. The fraction of sp³-hybridized carbons (Fsp3) is 0.0638. The Bertz CT molecular complexity index is 3030. The van der Waals surface area contributed by atoms with Crippen molar-refractivity contribution in [3.8, 4) is 51.0 Å². The fourth-order valence-corrected chi connectivity index (χ4v) is 8.40. The standard InChI is InChI=1S/C47H31N5O/c1-47(2)37-19-11-9-17-31(37)33-24-34-32-18-10-12-20-39(32)52(40(34)25-38(33)47)30-21-22-41-35(23-30)43-36(26-48-27-42(43)53-41)46-50-44(28-13-5-3-6-14-28)49-45(51-46)29-15-7-4-8-16-29/h3-27H,1-2H3. The first kappa shape index (κ1) is 29.8. The highest BCUT2D eigenvalue weighted by Gasteiger charge is 2.36. The van der Waals surface area contributed by atoms with Crippen molar-refractivity contribution in [2.24, 2.45) is 0 Å². The summed E-state index contributed by atoms with van der Waals surface area (Å²) >= 11 is 0. The van der Waals surface area contributed by atoms with Crippen LogP contribution >= 0.6 is 0 Å². The van der Waals surface area contributed by atoms with E-state index in [1.807, 2.05) is 66.9 Å². The zero-order chi connectivity index (χ0) is 35.3. The lowest BCUT2D eigenvalue weighted by Crippen LogP contribution is -2.14. The van der Waals surface area contributed by atoms with Crippen LogP contribution in [0.4, 0.5) is 0 Å². The SMILES string of the molecule is CC1(C)c2ccccc2-c2cc3c4ccccc4n(-c4ccc5oc6cncc(-c7nc(-c8ccccc8)nc(-c8ccccc8)n7)c6c5c4)c3cc21. The molecule has 0 unspecified atom stereocenters. The van der Waals surface area contributed by atoms with Gasteiger partial charge in [-0.2, -0.15) is 0 Å². The van der Waals surface area contributed by atoms with E-state index >= 15 is 0 Å². The molecule has 0 amide bonds. The van der Waals surface area contributed by atoms with Crippen molar-refractivity contribution in [3.05, 3.63) is 163 Å². The maximum atomic E-state index is 6.47. The minimum Gasteiger partial charge on any atom is -0.454 e. The molecule has 10 aromatic rings. The summed E-state index contributed by atoms with van der Waals surface area (Å²) in [4.78, 5) is 19.6. The Morgan fingerprint density at radius 3 is 1.94 bits per heavy atom. The predicted octanol–water partition coefficient (Wildman–Crippen LogP) is 11.6. The Kier molecular flexibility index (Phi) is 6.20. The van der Waals surface area contributed by atoms with Crippen molar-refractivity contribution in [1.29, 1.82) is 0 Å². The van der Waals surface area contributed by atoms with Gasteiger partial charge in [0.25, 0.3) is 0 Å². The number of para-hydroxylation sites is 1. The maximum absolute atomic E-state index is 6.47. The molecule has 0 aliphatic heterocycles. The molecule has 0 bridgehead atoms. The lowest BCUT2D eigenvalue weighted by molar-refractivity contribution is 0.661. The lowest BCUT2D eigenvalue weighted by Gasteiger charge is -2.21. The Morgan fingerprint density at radius 2 is 1.17 bits per heavy atom. The van der Waals surface area contributed by atoms with Crippen molar-refractivity contribution in [2.45, 2.75) is 19.3 Å². The van der Waals surface area contributed by atoms with Crippen LogP contribution in [-0.2, 0) is 5.41 Å². The highest BCUT2D eigenvalue weighted by molar-refractivity contribution is 6.14. The number of furan rings is 1. The summed E-state index contributed by atoms with van der Waals surface area (Å²) in [6.07, 6.45) is 3.62. The smallest absolute Gasteiger partial charge is 0.166 e. The molecule has 1 aliphatic rings. The van der Waals surface area contributed by atoms with E-state index in [4.69, 9.17) is 19.4 Å². The molecule has 0 saturated heterocycles. The molecule has 6 heteroatoms. The van der Waals surface area contributed by atoms with Crippen LogP contribution in [-0.4, -0.2) is 24.5 Å². The summed E-state index contributed by atoms with van der Waals surface area (Å²) in [5, 5.41) is 4.35. The summed E-state index contributed by atoms with van der Waals surface area (Å²) in [7, 11) is 0. The molecule has 6 nitrogen and oxygen atoms in total. The van der Waals surface area contributed by atoms with Crippen LogP contribution in [0.15, 0.2) is 156 Å². The largest absolute Gasteiger partial charge is 0.454 e. The van der Waals surface area contributed by atoms with Gasteiger partial charge in [-0.1, -0.05) is 117 Å². The van der Waals surface area contributed by atoms with Crippen molar-refractivity contribution in [2.75, 3.05) is 0 Å². The summed E-state index contributed by atoms with van der Waals surface area (Å²) in [6.45, 7) is 4.67. The summed E-state index contributed by atoms with van der Waals surface area (Å²) in [5.41, 5.74) is 12.7. The van der Waals surface area contributed by atoms with Gasteiger partial charge in [0.05, 0.1) is 17.2 Å². The number of rotatable bonds is 4. The molecule has 6 aromatic carbocycles. The first-order chi connectivity index (χ1) is 26.0. The quantitative estimate of drug-likeness (QED) is 0.185. The van der Waals surface area contributed by atoms with Gasteiger partial charge in [0.15, 0.2) is 23.1 Å². The molecule has 4 aromatic heterocycles. The van der Waals surface area contributed by atoms with Crippen LogP contribution in [0.2, 0.25) is 0 Å². The fourth-order valence-electron chi connectivity index (χ4n) is 8.40. The number of nitrogens with zero attached hydrogens (tertiary/aromatic N) is 5. The van der Waals surface area contributed by atoms with Gasteiger partial charge in [0.1, 0.15) is 5.58 Å². The van der Waals surface area contributed by atoms with E-state index in [9.17, 15) is 0 Å². The van der Waals surface area contributed by atoms with Gasteiger partial charge in [0, 0.05) is 55.5 Å². The van der Waals surface area contributed by atoms with Crippen LogP contribution < -0.4 is 0 Å². The van der Waals surface area contributed by atoms with Gasteiger partial charge in [0.2, 0.25) is 0 Å². The molecule has 0 spiro atoms. The van der Waals surface area contributed by atoms with E-state index in [0.717, 1.165) is 44.2 Å². The number of fused-ring (bicyclic) bond motifs is 9. The van der Waals surface area contributed by atoms with Crippen LogP contribution in [0.1, 0.15) is 25.0 Å². The van der Waals surface area contributed by atoms with Crippen molar-refractivity contribution in [3.63, 3.8) is 0 Å². The van der Waals surface area contributed by atoms with E-state index in [1.54, 1.807) is 6.20 Å². The van der Waals surface area contributed by atoms with Gasteiger partial charge < -0.3 is 8.98 Å². The Balaban J connectivity index is 1.16. The molecular weight excluding hydrogens is 651 g/mol. The number of aromatic nitrogens is 5. The highest BCUT2D eigenvalue weighted by Crippen LogP contribution is 2.51. The van der Waals surface area contributed by atoms with Gasteiger partial charge in [-0.25, -0.2) is 15.0 Å². The molecule has 0 fully saturated rings. The van der Waals surface area contributed by atoms with Crippen LogP contribution in [0, 0.1) is 0 Å². The molecule has 0 radical (unpaired) electrons. The minimum atomic E-state index is -0.115. The number of hydrogen-bond acceptors (Lipinski definition) is 5. The molecule has 0 saturated carbocycles. The van der Waals surface area contributed by atoms with E-state index in [-0.39, 0.29) is 5.41 Å². The normalized spacial score (nSPS) is 13.2. The second kappa shape index (κ2) is 11.0. The third kappa shape index (κ3) is 4.39. The topological polar surface area (TPSA) is 69.6 Å². The number of benzene rings is 6. The van der Waals surface area contributed by atoms with Gasteiger partial charge >= 0.3 is 0 Å². The monoisotopic (exact) mass is 681 g/mol.